The van der Waals surface area contributed by atoms with E-state index >= 15 is 0 Å². The highest BCUT2D eigenvalue weighted by molar-refractivity contribution is 5.80. The second kappa shape index (κ2) is 12.1. The fraction of sp³-hybridized carbons (Fsp3) is 0.267. The summed E-state index contributed by atoms with van der Waals surface area (Å²) < 4.78 is 26.2. The Hall–Kier alpha value is -4.57. The van der Waals surface area contributed by atoms with Crippen LogP contribution in [0.5, 0.6) is 11.5 Å². The third-order valence-electron chi connectivity index (χ3n) is 7.00. The molecule has 5 rings (SSSR count). The van der Waals surface area contributed by atoms with Crippen molar-refractivity contribution in [1.82, 2.24) is 30.1 Å². The van der Waals surface area contributed by atoms with Crippen molar-refractivity contribution >= 4 is 10.9 Å². The van der Waals surface area contributed by atoms with E-state index in [1.54, 1.807) is 31.0 Å². The molecule has 0 saturated heterocycles. The maximum atomic E-state index is 13.5. The molecule has 9 nitrogen and oxygen atoms in total. The van der Waals surface area contributed by atoms with E-state index in [0.29, 0.717) is 43.2 Å². The summed E-state index contributed by atoms with van der Waals surface area (Å²) in [6.45, 7) is 3.27. The molecule has 0 aliphatic carbocycles. The zero-order valence-electron chi connectivity index (χ0n) is 22.7. The predicted octanol–water partition coefficient (Wildman–Crippen LogP) is 4.87. The van der Waals surface area contributed by atoms with E-state index < -0.39 is 0 Å². The molecule has 2 aromatic heterocycles. The average Bonchev–Trinajstić information content (AvgIpc) is 3.42. The van der Waals surface area contributed by atoms with Crippen LogP contribution in [0.15, 0.2) is 77.6 Å². The van der Waals surface area contributed by atoms with Gasteiger partial charge in [-0.2, -0.15) is 0 Å². The van der Waals surface area contributed by atoms with Gasteiger partial charge in [0.25, 0.3) is 5.56 Å². The number of hydrogen-bond donors (Lipinski definition) is 1. The zero-order valence-corrected chi connectivity index (χ0v) is 22.7. The normalized spacial score (nSPS) is 12.1. The van der Waals surface area contributed by atoms with E-state index in [2.05, 4.69) is 32.3 Å². The van der Waals surface area contributed by atoms with Gasteiger partial charge in [0.1, 0.15) is 17.3 Å². The summed E-state index contributed by atoms with van der Waals surface area (Å²) in [7, 11) is 3.26. The Balaban J connectivity index is 1.54. The molecule has 10 heteroatoms. The van der Waals surface area contributed by atoms with Gasteiger partial charge in [0.15, 0.2) is 5.82 Å². The van der Waals surface area contributed by atoms with Crippen molar-refractivity contribution in [2.24, 2.45) is 0 Å². The largest absolute Gasteiger partial charge is 0.497 e. The van der Waals surface area contributed by atoms with Gasteiger partial charge in [0.05, 0.1) is 26.8 Å². The minimum absolute atomic E-state index is 0.163. The fourth-order valence-electron chi connectivity index (χ4n) is 4.95. The minimum Gasteiger partial charge on any atom is -0.497 e. The van der Waals surface area contributed by atoms with Crippen molar-refractivity contribution in [2.45, 2.75) is 39.0 Å². The predicted molar refractivity (Wildman–Crippen MR) is 150 cm³/mol. The first kappa shape index (κ1) is 27.0. The van der Waals surface area contributed by atoms with Crippen molar-refractivity contribution in [1.29, 1.82) is 0 Å². The molecular weight excluding hydrogens is 511 g/mol. The van der Waals surface area contributed by atoms with Gasteiger partial charge in [-0.3, -0.25) is 9.69 Å². The molecule has 0 saturated carbocycles. The van der Waals surface area contributed by atoms with Gasteiger partial charge in [-0.15, -0.1) is 5.10 Å². The second-order valence-electron chi connectivity index (χ2n) is 9.54. The quantitative estimate of drug-likeness (QED) is 0.254. The number of tetrazole rings is 1. The van der Waals surface area contributed by atoms with Crippen molar-refractivity contribution in [3.63, 3.8) is 0 Å². The Bertz CT molecular complexity index is 1650. The third kappa shape index (κ3) is 5.86. The number of hydrogen-bond acceptors (Lipinski definition) is 7. The van der Waals surface area contributed by atoms with Gasteiger partial charge in [0.2, 0.25) is 0 Å². The third-order valence-corrected chi connectivity index (χ3v) is 7.00. The van der Waals surface area contributed by atoms with Crippen LogP contribution in [-0.4, -0.2) is 44.3 Å². The number of aromatic nitrogens is 5. The van der Waals surface area contributed by atoms with Gasteiger partial charge in [0, 0.05) is 35.1 Å². The van der Waals surface area contributed by atoms with Crippen LogP contribution >= 0.6 is 0 Å². The van der Waals surface area contributed by atoms with Crippen molar-refractivity contribution < 1.29 is 13.9 Å². The van der Waals surface area contributed by atoms with Crippen LogP contribution in [0.3, 0.4) is 0 Å². The zero-order chi connectivity index (χ0) is 28.1. The molecule has 5 aromatic rings. The molecule has 0 fully saturated rings. The highest BCUT2D eigenvalue weighted by Crippen LogP contribution is 2.30. The van der Waals surface area contributed by atoms with Gasteiger partial charge >= 0.3 is 0 Å². The molecule has 0 amide bonds. The lowest BCUT2D eigenvalue weighted by Gasteiger charge is -2.30. The molecule has 206 valence electrons. The number of methoxy groups -OCH3 is 2. The Morgan fingerprint density at radius 1 is 0.975 bits per heavy atom. The number of ether oxygens (including phenoxy) is 2. The van der Waals surface area contributed by atoms with Crippen LogP contribution in [0.25, 0.3) is 10.9 Å². The Kier molecular flexibility index (Phi) is 8.16. The number of aromatic amines is 1. The van der Waals surface area contributed by atoms with Crippen LogP contribution < -0.4 is 15.0 Å². The van der Waals surface area contributed by atoms with Crippen molar-refractivity contribution in [2.75, 3.05) is 14.2 Å². The number of fused-ring (bicyclic) bond motifs is 1. The standard InChI is InChI=1S/C30H31FN6O3/c1-4-27(29-33-34-35-37(29)17-20-9-11-24(31)12-10-20)36(18-21-7-5-6-8-28(21)40-3)19-23-15-22-16-25(39-2)13-14-26(22)32-30(23)38/h5-16,27H,4,17-19H2,1-3H3,(H,32,38)/t27-/m1/s1. The summed E-state index contributed by atoms with van der Waals surface area (Å²) in [6, 6.07) is 21.3. The number of halogens is 1. The summed E-state index contributed by atoms with van der Waals surface area (Å²) in [4.78, 5) is 18.4. The number of H-pyrrole nitrogens is 1. The Morgan fingerprint density at radius 2 is 1.75 bits per heavy atom. The fourth-order valence-corrected chi connectivity index (χ4v) is 4.95. The van der Waals surface area contributed by atoms with Gasteiger partial charge in [-0.25, -0.2) is 9.07 Å². The van der Waals surface area contributed by atoms with E-state index in [1.165, 1.54) is 12.1 Å². The molecule has 0 bridgehead atoms. The number of nitrogens with one attached hydrogen (secondary N) is 1. The highest BCUT2D eigenvalue weighted by Gasteiger charge is 2.27. The molecule has 0 aliphatic heterocycles. The van der Waals surface area contributed by atoms with E-state index in [-0.39, 0.29) is 17.4 Å². The first-order valence-corrected chi connectivity index (χ1v) is 13.1. The topological polar surface area (TPSA) is 98.2 Å². The molecular formula is C30H31FN6O3. The first-order valence-electron chi connectivity index (χ1n) is 13.1. The minimum atomic E-state index is -0.298. The van der Waals surface area contributed by atoms with Crippen LogP contribution in [0.2, 0.25) is 0 Å². The van der Waals surface area contributed by atoms with Crippen molar-refractivity contribution in [3.05, 3.63) is 111 Å². The lowest BCUT2D eigenvalue weighted by Crippen LogP contribution is -2.32. The van der Waals surface area contributed by atoms with E-state index in [9.17, 15) is 9.18 Å². The van der Waals surface area contributed by atoms with Gasteiger partial charge < -0.3 is 14.5 Å². The lowest BCUT2D eigenvalue weighted by atomic mass is 10.1. The Morgan fingerprint density at radius 3 is 2.50 bits per heavy atom. The summed E-state index contributed by atoms with van der Waals surface area (Å²) >= 11 is 0. The number of nitrogens with zero attached hydrogens (tertiary/aromatic N) is 5. The molecule has 0 radical (unpaired) electrons. The van der Waals surface area contributed by atoms with Crippen molar-refractivity contribution in [3.8, 4) is 11.5 Å². The maximum absolute atomic E-state index is 13.5. The Labute approximate surface area is 231 Å². The first-order chi connectivity index (χ1) is 19.5. The highest BCUT2D eigenvalue weighted by atomic mass is 19.1. The SMILES string of the molecule is CC[C@H](c1nnnn1Cc1ccc(F)cc1)N(Cc1ccccc1OC)Cc1cc2cc(OC)ccc2[nH]c1=O. The molecule has 0 spiro atoms. The summed E-state index contributed by atoms with van der Waals surface area (Å²) in [5.41, 5.74) is 3.03. The molecule has 1 N–H and O–H groups in total. The van der Waals surface area contributed by atoms with Crippen LogP contribution in [0, 0.1) is 5.82 Å². The molecule has 0 unspecified atom stereocenters. The van der Waals surface area contributed by atoms with Crippen LogP contribution in [0.4, 0.5) is 4.39 Å². The van der Waals surface area contributed by atoms with E-state index in [4.69, 9.17) is 9.47 Å². The van der Waals surface area contributed by atoms with E-state index in [0.717, 1.165) is 27.8 Å². The van der Waals surface area contributed by atoms with Crippen LogP contribution in [-0.2, 0) is 19.6 Å². The average molecular weight is 543 g/mol. The molecule has 3 aromatic carbocycles. The molecule has 40 heavy (non-hydrogen) atoms. The monoisotopic (exact) mass is 542 g/mol. The molecule has 0 aliphatic rings. The summed E-state index contributed by atoms with van der Waals surface area (Å²) in [5.74, 6) is 1.82. The smallest absolute Gasteiger partial charge is 0.252 e. The molecule has 2 heterocycles. The number of para-hydroxylation sites is 1. The van der Waals surface area contributed by atoms with E-state index in [1.807, 2.05) is 48.5 Å². The van der Waals surface area contributed by atoms with Gasteiger partial charge in [-0.05, 0) is 64.9 Å². The maximum Gasteiger partial charge on any atom is 0.252 e. The summed E-state index contributed by atoms with van der Waals surface area (Å²) in [5, 5.41) is 13.5. The lowest BCUT2D eigenvalue weighted by molar-refractivity contribution is 0.159. The number of pyridine rings is 1. The molecule has 1 atom stereocenters. The van der Waals surface area contributed by atoms with Crippen LogP contribution in [0.1, 0.15) is 41.9 Å². The number of benzene rings is 3. The second-order valence-corrected chi connectivity index (χ2v) is 9.54. The van der Waals surface area contributed by atoms with Gasteiger partial charge in [-0.1, -0.05) is 37.3 Å². The number of rotatable bonds is 11. The summed E-state index contributed by atoms with van der Waals surface area (Å²) in [6.07, 6.45) is 0.679.